The van der Waals surface area contributed by atoms with E-state index in [0.29, 0.717) is 11.3 Å². The van der Waals surface area contributed by atoms with Gasteiger partial charge in [-0.1, -0.05) is 11.3 Å². The van der Waals surface area contributed by atoms with Gasteiger partial charge in [-0.05, 0) is 42.5 Å². The summed E-state index contributed by atoms with van der Waals surface area (Å²) >= 11 is 0.535. The SMILES string of the molecule is Cn1nccc1-c1ccc(Oc2ccc(S(=O)(=O)Nc3ncc(F)s3)cc2C#N)c(C#N)c1. The minimum absolute atomic E-state index is 0.0669. The molecule has 1 N–H and O–H groups in total. The number of aryl methyl sites for hydroxylation is 1. The molecule has 0 saturated carbocycles. The third kappa shape index (κ3) is 4.52. The number of nitrogens with one attached hydrogen (secondary N) is 1. The van der Waals surface area contributed by atoms with Crippen LogP contribution in [0, 0.1) is 27.8 Å². The fourth-order valence-electron chi connectivity index (χ4n) is 2.97. The normalized spacial score (nSPS) is 10.9. The van der Waals surface area contributed by atoms with Crippen LogP contribution in [0.1, 0.15) is 11.1 Å². The van der Waals surface area contributed by atoms with Gasteiger partial charge in [0.05, 0.1) is 27.9 Å². The van der Waals surface area contributed by atoms with Crippen molar-refractivity contribution in [3.63, 3.8) is 0 Å². The summed E-state index contributed by atoms with van der Waals surface area (Å²) in [7, 11) is -2.33. The Morgan fingerprint density at radius 2 is 1.79 bits per heavy atom. The van der Waals surface area contributed by atoms with E-state index in [1.807, 2.05) is 6.07 Å². The topological polar surface area (TPSA) is 134 Å². The molecule has 0 spiro atoms. The van der Waals surface area contributed by atoms with Crippen molar-refractivity contribution in [2.24, 2.45) is 7.05 Å². The predicted octanol–water partition coefficient (Wildman–Crippen LogP) is 4.02. The minimum atomic E-state index is -4.11. The van der Waals surface area contributed by atoms with Crippen molar-refractivity contribution in [2.75, 3.05) is 4.72 Å². The van der Waals surface area contributed by atoms with E-state index in [1.54, 1.807) is 42.2 Å². The average Bonchev–Trinajstić information content (AvgIpc) is 3.41. The van der Waals surface area contributed by atoms with Crippen LogP contribution in [0.4, 0.5) is 9.52 Å². The van der Waals surface area contributed by atoms with Crippen molar-refractivity contribution in [2.45, 2.75) is 4.90 Å². The van der Waals surface area contributed by atoms with E-state index in [-0.39, 0.29) is 32.7 Å². The van der Waals surface area contributed by atoms with Crippen molar-refractivity contribution < 1.29 is 17.5 Å². The van der Waals surface area contributed by atoms with Gasteiger partial charge >= 0.3 is 0 Å². The van der Waals surface area contributed by atoms with Crippen LogP contribution in [0.15, 0.2) is 59.8 Å². The second-order valence-electron chi connectivity index (χ2n) is 6.61. The third-order valence-electron chi connectivity index (χ3n) is 4.52. The highest BCUT2D eigenvalue weighted by atomic mass is 32.2. The van der Waals surface area contributed by atoms with E-state index >= 15 is 0 Å². The lowest BCUT2D eigenvalue weighted by atomic mass is 10.1. The maximum absolute atomic E-state index is 13.1. The Balaban J connectivity index is 1.63. The molecule has 0 unspecified atom stereocenters. The second kappa shape index (κ2) is 8.70. The van der Waals surface area contributed by atoms with E-state index in [2.05, 4.69) is 20.9 Å². The first kappa shape index (κ1) is 22.0. The van der Waals surface area contributed by atoms with Gasteiger partial charge in [0.2, 0.25) is 0 Å². The Labute approximate surface area is 192 Å². The number of benzene rings is 2. The number of anilines is 1. The molecule has 0 aliphatic carbocycles. The molecule has 164 valence electrons. The van der Waals surface area contributed by atoms with Crippen molar-refractivity contribution in [3.8, 4) is 34.9 Å². The van der Waals surface area contributed by atoms with Gasteiger partial charge in [0.1, 0.15) is 23.6 Å². The summed E-state index contributed by atoms with van der Waals surface area (Å²) in [5.74, 6) is 0.272. The fourth-order valence-corrected chi connectivity index (χ4v) is 4.78. The molecule has 4 aromatic rings. The van der Waals surface area contributed by atoms with Gasteiger partial charge < -0.3 is 4.74 Å². The van der Waals surface area contributed by atoms with Gasteiger partial charge in [-0.3, -0.25) is 9.40 Å². The molecule has 4 rings (SSSR count). The monoisotopic (exact) mass is 480 g/mol. The summed E-state index contributed by atoms with van der Waals surface area (Å²) in [6.45, 7) is 0. The molecule has 0 amide bonds. The fraction of sp³-hybridized carbons (Fsp3) is 0.0476. The van der Waals surface area contributed by atoms with Crippen molar-refractivity contribution in [3.05, 3.63) is 71.1 Å². The molecule has 0 aliphatic rings. The predicted molar refractivity (Wildman–Crippen MR) is 117 cm³/mol. The highest BCUT2D eigenvalue weighted by Gasteiger charge is 2.19. The van der Waals surface area contributed by atoms with E-state index in [9.17, 15) is 23.3 Å². The lowest BCUT2D eigenvalue weighted by Crippen LogP contribution is -2.13. The molecule has 12 heteroatoms. The first-order valence-corrected chi connectivity index (χ1v) is 11.5. The van der Waals surface area contributed by atoms with Crippen LogP contribution in [0.5, 0.6) is 11.5 Å². The van der Waals surface area contributed by atoms with Crippen LogP contribution in [-0.4, -0.2) is 23.2 Å². The van der Waals surface area contributed by atoms with Crippen LogP contribution in [-0.2, 0) is 17.1 Å². The zero-order valence-electron chi connectivity index (χ0n) is 16.9. The van der Waals surface area contributed by atoms with Crippen LogP contribution in [0.25, 0.3) is 11.3 Å². The van der Waals surface area contributed by atoms with Crippen LogP contribution >= 0.6 is 11.3 Å². The van der Waals surface area contributed by atoms with Gasteiger partial charge in [-0.25, -0.2) is 13.4 Å². The molecule has 0 radical (unpaired) electrons. The zero-order chi connectivity index (χ0) is 23.6. The largest absolute Gasteiger partial charge is 0.455 e. The Kier molecular flexibility index (Phi) is 5.79. The lowest BCUT2D eigenvalue weighted by Gasteiger charge is -2.12. The number of rotatable bonds is 6. The molecule has 0 fully saturated rings. The number of ether oxygens (including phenoxy) is 1. The van der Waals surface area contributed by atoms with E-state index < -0.39 is 15.2 Å². The summed E-state index contributed by atoms with van der Waals surface area (Å²) in [5.41, 5.74) is 1.72. The molecular weight excluding hydrogens is 467 g/mol. The number of sulfonamides is 1. The molecule has 33 heavy (non-hydrogen) atoms. The molecule has 2 heterocycles. The van der Waals surface area contributed by atoms with Crippen LogP contribution in [0.3, 0.4) is 0 Å². The van der Waals surface area contributed by atoms with Crippen LogP contribution < -0.4 is 9.46 Å². The number of nitriles is 2. The summed E-state index contributed by atoms with van der Waals surface area (Å²) in [6.07, 6.45) is 2.53. The Morgan fingerprint density at radius 3 is 2.39 bits per heavy atom. The summed E-state index contributed by atoms with van der Waals surface area (Å²) in [5, 5.41) is 22.4. The maximum Gasteiger partial charge on any atom is 0.263 e. The average molecular weight is 481 g/mol. The number of thiazole rings is 1. The standard InChI is InChI=1S/C21H13FN6O3S2/c1-28-17(6-7-26-28)13-2-4-18(14(8-13)10-23)31-19-5-3-16(9-15(19)11-24)33(29,30)27-21-25-12-20(22)32-21/h2-9,12H,1H3,(H,25,27). The Morgan fingerprint density at radius 1 is 1.09 bits per heavy atom. The lowest BCUT2D eigenvalue weighted by molar-refractivity contribution is 0.479. The molecule has 2 aromatic heterocycles. The van der Waals surface area contributed by atoms with Crippen molar-refractivity contribution >= 4 is 26.5 Å². The number of aromatic nitrogens is 3. The third-order valence-corrected chi connectivity index (χ3v) is 6.68. The summed E-state index contributed by atoms with van der Waals surface area (Å²) < 4.78 is 47.8. The van der Waals surface area contributed by atoms with Gasteiger partial charge in [0, 0.05) is 18.8 Å². The van der Waals surface area contributed by atoms with Gasteiger partial charge in [-0.15, -0.1) is 0 Å². The quantitative estimate of drug-likeness (QED) is 0.440. The highest BCUT2D eigenvalue weighted by Crippen LogP contribution is 2.32. The molecule has 0 aliphatic heterocycles. The number of hydrogen-bond donors (Lipinski definition) is 1. The summed E-state index contributed by atoms with van der Waals surface area (Å²) in [6, 6.07) is 14.4. The van der Waals surface area contributed by atoms with Gasteiger partial charge in [-0.2, -0.15) is 20.0 Å². The van der Waals surface area contributed by atoms with E-state index in [1.165, 1.54) is 12.1 Å². The maximum atomic E-state index is 13.1. The van der Waals surface area contributed by atoms with Crippen molar-refractivity contribution in [1.82, 2.24) is 14.8 Å². The molecule has 2 aromatic carbocycles. The van der Waals surface area contributed by atoms with E-state index in [4.69, 9.17) is 4.74 Å². The molecular formula is C21H13FN6O3S2. The number of halogens is 1. The van der Waals surface area contributed by atoms with Crippen LogP contribution in [0.2, 0.25) is 0 Å². The minimum Gasteiger partial charge on any atom is -0.455 e. The smallest absolute Gasteiger partial charge is 0.263 e. The summed E-state index contributed by atoms with van der Waals surface area (Å²) in [4.78, 5) is 3.39. The number of nitrogens with zero attached hydrogens (tertiary/aromatic N) is 5. The van der Waals surface area contributed by atoms with Gasteiger partial charge in [0.25, 0.3) is 10.0 Å². The molecule has 9 nitrogen and oxygen atoms in total. The van der Waals surface area contributed by atoms with Crippen molar-refractivity contribution in [1.29, 1.82) is 10.5 Å². The highest BCUT2D eigenvalue weighted by molar-refractivity contribution is 7.93. The van der Waals surface area contributed by atoms with E-state index in [0.717, 1.165) is 23.5 Å². The number of hydrogen-bond acceptors (Lipinski definition) is 8. The second-order valence-corrected chi connectivity index (χ2v) is 9.27. The molecule has 0 saturated heterocycles. The molecule has 0 atom stereocenters. The first-order valence-electron chi connectivity index (χ1n) is 9.19. The molecule has 0 bridgehead atoms. The Bertz CT molecular complexity index is 1550. The Hall–Kier alpha value is -4.26. The first-order chi connectivity index (χ1) is 15.8. The van der Waals surface area contributed by atoms with Gasteiger partial charge in [0.15, 0.2) is 10.3 Å². The zero-order valence-corrected chi connectivity index (χ0v) is 18.5.